The van der Waals surface area contributed by atoms with E-state index in [1.807, 2.05) is 44.2 Å². The standard InChI is InChI=1S/C14H30N3O4P/c1-14(2,3)22(19,15(4)5)17-9-7-16(8-10-17)13(18)21-12-11-20-6/h7-12H2,1-6H3. The molecule has 1 atom stereocenters. The number of carbonyl (C=O) groups excluding carboxylic acids is 1. The van der Waals surface area contributed by atoms with Crippen molar-refractivity contribution in [3.8, 4) is 0 Å². The second-order valence-corrected chi connectivity index (χ2v) is 10.4. The predicted molar refractivity (Wildman–Crippen MR) is 87.4 cm³/mol. The topological polar surface area (TPSA) is 62.3 Å². The first-order valence-corrected chi connectivity index (χ1v) is 9.20. The average Bonchev–Trinajstić information content (AvgIpc) is 2.45. The van der Waals surface area contributed by atoms with E-state index >= 15 is 0 Å². The number of amides is 1. The lowest BCUT2D eigenvalue weighted by atomic mass is 10.3. The van der Waals surface area contributed by atoms with Gasteiger partial charge in [0.05, 0.1) is 6.61 Å². The molecule has 1 heterocycles. The van der Waals surface area contributed by atoms with E-state index < -0.39 is 7.44 Å². The van der Waals surface area contributed by atoms with Crippen LogP contribution in [0.2, 0.25) is 0 Å². The molecule has 130 valence electrons. The molecule has 7 nitrogen and oxygen atoms in total. The Morgan fingerprint density at radius 3 is 2.09 bits per heavy atom. The molecule has 0 N–H and O–H groups in total. The zero-order valence-electron chi connectivity index (χ0n) is 14.7. The van der Waals surface area contributed by atoms with Crippen LogP contribution in [-0.2, 0) is 14.0 Å². The number of rotatable bonds is 5. The summed E-state index contributed by atoms with van der Waals surface area (Å²) in [5.74, 6) is 0. The minimum Gasteiger partial charge on any atom is -0.447 e. The predicted octanol–water partition coefficient (Wildman–Crippen LogP) is 1.94. The van der Waals surface area contributed by atoms with Crippen LogP contribution in [0.5, 0.6) is 0 Å². The quantitative estimate of drug-likeness (QED) is 0.565. The summed E-state index contributed by atoms with van der Waals surface area (Å²) in [4.78, 5) is 13.6. The largest absolute Gasteiger partial charge is 0.447 e. The summed E-state index contributed by atoms with van der Waals surface area (Å²) in [6.45, 7) is 8.88. The Labute approximate surface area is 134 Å². The third-order valence-corrected chi connectivity index (χ3v) is 7.83. The van der Waals surface area contributed by atoms with E-state index in [1.54, 1.807) is 12.0 Å². The van der Waals surface area contributed by atoms with Crippen LogP contribution in [0.3, 0.4) is 0 Å². The van der Waals surface area contributed by atoms with E-state index in [2.05, 4.69) is 0 Å². The summed E-state index contributed by atoms with van der Waals surface area (Å²) in [5.41, 5.74) is 0. The summed E-state index contributed by atoms with van der Waals surface area (Å²) < 4.78 is 27.3. The number of piperazine rings is 1. The van der Waals surface area contributed by atoms with Crippen molar-refractivity contribution in [3.63, 3.8) is 0 Å². The maximum Gasteiger partial charge on any atom is 0.409 e. The van der Waals surface area contributed by atoms with Gasteiger partial charge in [0.25, 0.3) is 0 Å². The molecular weight excluding hydrogens is 305 g/mol. The highest BCUT2D eigenvalue weighted by molar-refractivity contribution is 7.60. The van der Waals surface area contributed by atoms with E-state index in [-0.39, 0.29) is 17.9 Å². The average molecular weight is 335 g/mol. The van der Waals surface area contributed by atoms with Gasteiger partial charge in [0.2, 0.25) is 7.44 Å². The van der Waals surface area contributed by atoms with Crippen LogP contribution in [0.15, 0.2) is 0 Å². The van der Waals surface area contributed by atoms with Gasteiger partial charge in [0.1, 0.15) is 6.61 Å². The van der Waals surface area contributed by atoms with Gasteiger partial charge in [-0.15, -0.1) is 0 Å². The summed E-state index contributed by atoms with van der Waals surface area (Å²) in [6.07, 6.45) is -0.327. The minimum atomic E-state index is -2.67. The molecule has 1 aliphatic rings. The Hall–Kier alpha value is -0.620. The first-order valence-electron chi connectivity index (χ1n) is 7.58. The fourth-order valence-corrected chi connectivity index (χ4v) is 6.01. The Balaban J connectivity index is 2.64. The van der Waals surface area contributed by atoms with E-state index in [9.17, 15) is 9.36 Å². The smallest absolute Gasteiger partial charge is 0.409 e. The van der Waals surface area contributed by atoms with Crippen LogP contribution in [0.4, 0.5) is 4.79 Å². The molecule has 1 rings (SSSR count). The van der Waals surface area contributed by atoms with Gasteiger partial charge in [-0.2, -0.15) is 0 Å². The van der Waals surface area contributed by atoms with Crippen LogP contribution in [-0.4, -0.2) is 86.1 Å². The lowest BCUT2D eigenvalue weighted by Crippen LogP contribution is -2.50. The highest BCUT2D eigenvalue weighted by atomic mass is 31.2. The summed E-state index contributed by atoms with van der Waals surface area (Å²) in [6, 6.07) is 0. The van der Waals surface area contributed by atoms with Crippen molar-refractivity contribution < 1.29 is 18.8 Å². The minimum absolute atomic E-state index is 0.258. The van der Waals surface area contributed by atoms with Crippen LogP contribution in [0, 0.1) is 0 Å². The fourth-order valence-electron chi connectivity index (χ4n) is 2.73. The maximum absolute atomic E-state index is 13.5. The van der Waals surface area contributed by atoms with Gasteiger partial charge in [-0.3, -0.25) is 4.57 Å². The molecule has 0 bridgehead atoms. The zero-order valence-corrected chi connectivity index (χ0v) is 15.6. The molecule has 22 heavy (non-hydrogen) atoms. The first kappa shape index (κ1) is 19.4. The molecule has 0 saturated carbocycles. The number of hydrogen-bond donors (Lipinski definition) is 0. The molecule has 1 aliphatic heterocycles. The van der Waals surface area contributed by atoms with Gasteiger partial charge >= 0.3 is 6.09 Å². The second kappa shape index (κ2) is 7.77. The number of nitrogens with zero attached hydrogens (tertiary/aromatic N) is 3. The molecule has 1 amide bonds. The summed E-state index contributed by atoms with van der Waals surface area (Å²) >= 11 is 0. The van der Waals surface area contributed by atoms with E-state index in [4.69, 9.17) is 9.47 Å². The van der Waals surface area contributed by atoms with E-state index in [1.165, 1.54) is 0 Å². The first-order chi connectivity index (χ1) is 10.1. The van der Waals surface area contributed by atoms with Gasteiger partial charge in [-0.05, 0) is 14.1 Å². The molecule has 0 aromatic rings. The Bertz CT molecular complexity index is 415. The van der Waals surface area contributed by atoms with Crippen LogP contribution < -0.4 is 0 Å². The molecule has 1 saturated heterocycles. The van der Waals surface area contributed by atoms with Gasteiger partial charge in [0.15, 0.2) is 0 Å². The molecule has 1 unspecified atom stereocenters. The molecule has 0 aromatic carbocycles. The van der Waals surface area contributed by atoms with Crippen LogP contribution >= 0.6 is 7.44 Å². The number of hydrogen-bond acceptors (Lipinski definition) is 4. The molecule has 0 radical (unpaired) electrons. The Morgan fingerprint density at radius 1 is 1.14 bits per heavy atom. The number of ether oxygens (including phenoxy) is 2. The fraction of sp³-hybridized carbons (Fsp3) is 0.929. The Kier molecular flexibility index (Phi) is 6.86. The third-order valence-electron chi connectivity index (χ3n) is 3.83. The molecule has 0 aliphatic carbocycles. The van der Waals surface area contributed by atoms with Crippen molar-refractivity contribution in [2.75, 3.05) is 60.6 Å². The van der Waals surface area contributed by atoms with E-state index in [0.29, 0.717) is 32.8 Å². The van der Waals surface area contributed by atoms with Gasteiger partial charge in [-0.25, -0.2) is 14.1 Å². The van der Waals surface area contributed by atoms with Crippen molar-refractivity contribution in [2.24, 2.45) is 0 Å². The van der Waals surface area contributed by atoms with Crippen molar-refractivity contribution in [1.82, 2.24) is 14.2 Å². The van der Waals surface area contributed by atoms with Crippen molar-refractivity contribution in [3.05, 3.63) is 0 Å². The highest BCUT2D eigenvalue weighted by Gasteiger charge is 2.45. The van der Waals surface area contributed by atoms with Gasteiger partial charge < -0.3 is 14.4 Å². The maximum atomic E-state index is 13.5. The molecule has 8 heteroatoms. The van der Waals surface area contributed by atoms with Crippen molar-refractivity contribution in [1.29, 1.82) is 0 Å². The zero-order chi connectivity index (χ0) is 17.0. The normalized spacial score (nSPS) is 20.0. The van der Waals surface area contributed by atoms with Crippen LogP contribution in [0.1, 0.15) is 20.8 Å². The van der Waals surface area contributed by atoms with Crippen molar-refractivity contribution in [2.45, 2.75) is 25.9 Å². The highest BCUT2D eigenvalue weighted by Crippen LogP contribution is 2.61. The SMILES string of the molecule is COCCOC(=O)N1CCN(P(=O)(N(C)C)C(C)(C)C)CC1. The Morgan fingerprint density at radius 2 is 1.68 bits per heavy atom. The monoisotopic (exact) mass is 335 g/mol. The van der Waals surface area contributed by atoms with Gasteiger partial charge in [-0.1, -0.05) is 20.8 Å². The van der Waals surface area contributed by atoms with Crippen molar-refractivity contribution >= 4 is 13.5 Å². The van der Waals surface area contributed by atoms with E-state index in [0.717, 1.165) is 0 Å². The number of carbonyl (C=O) groups is 1. The lowest BCUT2D eigenvalue weighted by Gasteiger charge is -2.46. The molecular formula is C14H30N3O4P. The number of methoxy groups -OCH3 is 1. The lowest BCUT2D eigenvalue weighted by molar-refractivity contribution is 0.0632. The second-order valence-electron chi connectivity index (χ2n) is 6.61. The molecule has 0 spiro atoms. The summed E-state index contributed by atoms with van der Waals surface area (Å²) in [7, 11) is 2.62. The van der Waals surface area contributed by atoms with Gasteiger partial charge in [0, 0.05) is 38.4 Å². The summed E-state index contributed by atoms with van der Waals surface area (Å²) in [5, 5.41) is -0.336. The molecule has 1 fully saturated rings. The third kappa shape index (κ3) is 4.22. The van der Waals surface area contributed by atoms with Crippen LogP contribution in [0.25, 0.3) is 0 Å². The molecule has 0 aromatic heterocycles.